The minimum absolute atomic E-state index is 0.148. The van der Waals surface area contributed by atoms with Gasteiger partial charge in [-0.2, -0.15) is 0 Å². The molecule has 0 radical (unpaired) electrons. The van der Waals surface area contributed by atoms with Crippen LogP contribution in [0.5, 0.6) is 0 Å². The highest BCUT2D eigenvalue weighted by molar-refractivity contribution is 5.71. The molecule has 6 heteroatoms. The van der Waals surface area contributed by atoms with Crippen molar-refractivity contribution in [1.82, 2.24) is 0 Å². The van der Waals surface area contributed by atoms with Crippen LogP contribution in [0.4, 0.5) is 0 Å². The first-order valence-electron chi connectivity index (χ1n) is 30.6. The van der Waals surface area contributed by atoms with Gasteiger partial charge in [0.2, 0.25) is 0 Å². The maximum Gasteiger partial charge on any atom is 0.306 e. The van der Waals surface area contributed by atoms with Crippen LogP contribution < -0.4 is 0 Å². The van der Waals surface area contributed by atoms with E-state index in [1.807, 2.05) is 12.2 Å². The molecule has 0 bridgehead atoms. The maximum absolute atomic E-state index is 12.9. The molecule has 0 heterocycles. The van der Waals surface area contributed by atoms with Crippen LogP contribution in [0.2, 0.25) is 0 Å². The quantitative estimate of drug-likeness (QED) is 0.0261. The van der Waals surface area contributed by atoms with E-state index in [1.54, 1.807) is 0 Å². The maximum atomic E-state index is 12.9. The third-order valence-corrected chi connectivity index (χ3v) is 11.8. The summed E-state index contributed by atoms with van der Waals surface area (Å²) >= 11 is 0. The molecule has 0 aliphatic carbocycles. The normalized spacial score (nSPS) is 13.6. The monoisotopic (exact) mass is 1080 g/mol. The lowest BCUT2D eigenvalue weighted by molar-refractivity contribution is -0.166. The van der Waals surface area contributed by atoms with Gasteiger partial charge in [-0.15, -0.1) is 0 Å². The molecule has 1 atom stereocenters. The van der Waals surface area contributed by atoms with Gasteiger partial charge in [0, 0.05) is 19.3 Å². The van der Waals surface area contributed by atoms with Crippen LogP contribution in [-0.4, -0.2) is 37.2 Å². The number of ether oxygens (including phenoxy) is 3. The first kappa shape index (κ1) is 73.0. The molecule has 0 spiro atoms. The highest BCUT2D eigenvalue weighted by Gasteiger charge is 2.19. The van der Waals surface area contributed by atoms with E-state index >= 15 is 0 Å². The number of unbranched alkanes of at least 4 members (excludes halogenated alkanes) is 7. The Morgan fingerprint density at radius 2 is 0.494 bits per heavy atom. The second kappa shape index (κ2) is 64.5. The Labute approximate surface area is 483 Å². The highest BCUT2D eigenvalue weighted by Crippen LogP contribution is 2.12. The summed E-state index contributed by atoms with van der Waals surface area (Å²) in [6.45, 7) is 6.14. The molecule has 0 aliphatic heterocycles. The summed E-state index contributed by atoms with van der Waals surface area (Å²) in [4.78, 5) is 38.2. The van der Waals surface area contributed by atoms with Crippen molar-refractivity contribution >= 4 is 17.9 Å². The smallest absolute Gasteiger partial charge is 0.306 e. The third-order valence-electron chi connectivity index (χ3n) is 11.8. The van der Waals surface area contributed by atoms with Crippen LogP contribution in [0.25, 0.3) is 0 Å². The van der Waals surface area contributed by atoms with Gasteiger partial charge in [0.25, 0.3) is 0 Å². The lowest BCUT2D eigenvalue weighted by Crippen LogP contribution is -2.30. The van der Waals surface area contributed by atoms with E-state index < -0.39 is 6.10 Å². The van der Waals surface area contributed by atoms with Gasteiger partial charge in [-0.3, -0.25) is 14.4 Å². The van der Waals surface area contributed by atoms with E-state index in [1.165, 1.54) is 12.8 Å². The van der Waals surface area contributed by atoms with Crippen molar-refractivity contribution in [2.75, 3.05) is 13.2 Å². The molecular formula is C73H108O6. The van der Waals surface area contributed by atoms with Crippen molar-refractivity contribution in [1.29, 1.82) is 0 Å². The Morgan fingerprint density at radius 3 is 0.823 bits per heavy atom. The molecular weight excluding hydrogens is 973 g/mol. The average Bonchev–Trinajstić information content (AvgIpc) is 3.45. The fourth-order valence-electron chi connectivity index (χ4n) is 7.33. The van der Waals surface area contributed by atoms with Gasteiger partial charge in [-0.05, 0) is 148 Å². The number of esters is 3. The Hall–Kier alpha value is -6.01. The van der Waals surface area contributed by atoms with E-state index in [2.05, 4.69) is 215 Å². The molecule has 0 saturated carbocycles. The molecule has 0 aromatic carbocycles. The molecule has 436 valence electrons. The molecule has 79 heavy (non-hydrogen) atoms. The lowest BCUT2D eigenvalue weighted by Gasteiger charge is -2.18. The largest absolute Gasteiger partial charge is 0.462 e. The summed E-state index contributed by atoms with van der Waals surface area (Å²) in [5.41, 5.74) is 0. The van der Waals surface area contributed by atoms with Gasteiger partial charge in [-0.25, -0.2) is 0 Å². The minimum Gasteiger partial charge on any atom is -0.462 e. The van der Waals surface area contributed by atoms with Crippen molar-refractivity contribution in [3.05, 3.63) is 207 Å². The molecule has 0 rings (SSSR count). The highest BCUT2D eigenvalue weighted by atomic mass is 16.6. The second-order valence-electron chi connectivity index (χ2n) is 19.1. The molecule has 1 unspecified atom stereocenters. The molecule has 0 N–H and O–H groups in total. The fourth-order valence-corrected chi connectivity index (χ4v) is 7.33. The Bertz CT molecular complexity index is 1960. The fraction of sp³-hybridized carbons (Fsp3) is 0.493. The van der Waals surface area contributed by atoms with E-state index in [4.69, 9.17) is 14.2 Å². The Kier molecular flexibility index (Phi) is 59.6. The lowest BCUT2D eigenvalue weighted by atomic mass is 10.1. The van der Waals surface area contributed by atoms with Crippen molar-refractivity contribution in [3.8, 4) is 0 Å². The zero-order chi connectivity index (χ0) is 57.1. The molecule has 6 nitrogen and oxygen atoms in total. The summed E-state index contributed by atoms with van der Waals surface area (Å²) in [6, 6.07) is 0. The molecule has 0 aromatic rings. The summed E-state index contributed by atoms with van der Waals surface area (Å²) < 4.78 is 16.7. The molecule has 0 aromatic heterocycles. The van der Waals surface area contributed by atoms with Crippen LogP contribution in [-0.2, 0) is 28.6 Å². The molecule has 0 aliphatic rings. The van der Waals surface area contributed by atoms with Crippen LogP contribution in [0.1, 0.15) is 213 Å². The van der Waals surface area contributed by atoms with Gasteiger partial charge in [-0.1, -0.05) is 253 Å². The SMILES string of the molecule is CC/C=C\C/C=C\C/C=C\C/C=C\C/C=C\C/C=C\C/C=C\C/C=C\C/C=C\CCCC(=O)OCC(COC(=O)CC/C=C\C/C=C\C/C=C\C/C=C\CC)OC(=O)CCCCCCCC/C=C\C/C=C\C/C=C\C/C=C\CC. The van der Waals surface area contributed by atoms with Gasteiger partial charge < -0.3 is 14.2 Å². The first-order chi connectivity index (χ1) is 39.0. The molecule has 0 amide bonds. The van der Waals surface area contributed by atoms with E-state index in [0.717, 1.165) is 148 Å². The minimum atomic E-state index is -0.852. The third kappa shape index (κ3) is 62.7. The van der Waals surface area contributed by atoms with Crippen molar-refractivity contribution in [3.63, 3.8) is 0 Å². The van der Waals surface area contributed by atoms with E-state index in [9.17, 15) is 14.4 Å². The average molecular weight is 1080 g/mol. The number of rotatable bonds is 52. The zero-order valence-electron chi connectivity index (χ0n) is 49.8. The van der Waals surface area contributed by atoms with E-state index in [-0.39, 0.29) is 50.4 Å². The topological polar surface area (TPSA) is 78.9 Å². The predicted octanol–water partition coefficient (Wildman–Crippen LogP) is 21.2. The predicted molar refractivity (Wildman–Crippen MR) is 343 cm³/mol. The molecule has 0 saturated heterocycles. The van der Waals surface area contributed by atoms with Crippen molar-refractivity contribution in [2.45, 2.75) is 219 Å². The Balaban J connectivity index is 4.55. The summed E-state index contributed by atoms with van der Waals surface area (Å²) in [5, 5.41) is 0. The number of hydrogen-bond donors (Lipinski definition) is 0. The van der Waals surface area contributed by atoms with Crippen molar-refractivity contribution < 1.29 is 28.6 Å². The Morgan fingerprint density at radius 1 is 0.253 bits per heavy atom. The number of carbonyl (C=O) groups is 3. The van der Waals surface area contributed by atoms with Gasteiger partial charge >= 0.3 is 17.9 Å². The second-order valence-corrected chi connectivity index (χ2v) is 19.1. The van der Waals surface area contributed by atoms with Crippen molar-refractivity contribution in [2.24, 2.45) is 0 Å². The van der Waals surface area contributed by atoms with Gasteiger partial charge in [0.05, 0.1) is 0 Å². The standard InChI is InChI=1S/C73H108O6/c1-4-7-10-13-16-19-22-25-27-29-31-32-33-34-35-36-37-38-39-40-42-43-45-48-51-54-57-60-63-66-72(75)78-69-70(68-77-71(74)65-62-59-56-53-50-47-24-21-18-15-12-9-6-3)79-73(76)67-64-61-58-55-52-49-46-44-41-30-28-26-23-20-17-14-11-8-5-2/h7-12,16-21,25-28,31-32,34-35,37-38,40-42,44-45,47-48,50,54,56-57,59,70H,4-6,13-15,22-24,29-30,33,36,39,43,46,49,51-53,55,58,60-69H2,1-3H3/b10-7-,11-8-,12-9-,19-16-,20-17-,21-18-,27-25-,28-26-,32-31-,35-34-,38-37-,42-40-,44-41-,48-45-,50-47-,57-54-,59-56-. The van der Waals surface area contributed by atoms with E-state index in [0.29, 0.717) is 12.8 Å². The van der Waals surface area contributed by atoms with Crippen LogP contribution >= 0.6 is 0 Å². The number of carbonyl (C=O) groups excluding carboxylic acids is 3. The summed E-state index contributed by atoms with van der Waals surface area (Å²) in [5.74, 6) is -1.11. The number of hydrogen-bond acceptors (Lipinski definition) is 6. The van der Waals surface area contributed by atoms with Gasteiger partial charge in [0.15, 0.2) is 6.10 Å². The van der Waals surface area contributed by atoms with Crippen LogP contribution in [0, 0.1) is 0 Å². The van der Waals surface area contributed by atoms with Crippen LogP contribution in [0.15, 0.2) is 207 Å². The van der Waals surface area contributed by atoms with Crippen LogP contribution in [0.3, 0.4) is 0 Å². The first-order valence-corrected chi connectivity index (χ1v) is 30.6. The zero-order valence-corrected chi connectivity index (χ0v) is 49.8. The number of allylic oxidation sites excluding steroid dienone is 34. The van der Waals surface area contributed by atoms with Gasteiger partial charge in [0.1, 0.15) is 13.2 Å². The molecule has 0 fully saturated rings. The summed E-state index contributed by atoms with van der Waals surface area (Å²) in [7, 11) is 0. The summed E-state index contributed by atoms with van der Waals surface area (Å²) in [6.07, 6.45) is 99.9.